The van der Waals surface area contributed by atoms with Gasteiger partial charge in [-0.15, -0.1) is 0 Å². The van der Waals surface area contributed by atoms with Crippen LogP contribution in [0.25, 0.3) is 0 Å². The maximum absolute atomic E-state index is 6.36. The van der Waals surface area contributed by atoms with Gasteiger partial charge in [-0.2, -0.15) is 0 Å². The lowest BCUT2D eigenvalue weighted by Crippen LogP contribution is -2.38. The third-order valence-electron chi connectivity index (χ3n) is 4.69. The van der Waals surface area contributed by atoms with Gasteiger partial charge < -0.3 is 5.73 Å². The van der Waals surface area contributed by atoms with Crippen LogP contribution in [0.4, 0.5) is 0 Å². The molecule has 82 valence electrons. The fourth-order valence-electron chi connectivity index (χ4n) is 3.42. The normalized spacial score (nSPS) is 34.1. The fourth-order valence-corrected chi connectivity index (χ4v) is 3.42. The first-order chi connectivity index (χ1) is 6.59. The van der Waals surface area contributed by atoms with Crippen molar-refractivity contribution in [3.8, 4) is 0 Å². The van der Waals surface area contributed by atoms with E-state index in [2.05, 4.69) is 13.8 Å². The zero-order valence-electron chi connectivity index (χ0n) is 9.76. The molecule has 0 heterocycles. The molecule has 0 aromatic carbocycles. The van der Waals surface area contributed by atoms with E-state index in [0.717, 1.165) is 11.8 Å². The lowest BCUT2D eigenvalue weighted by Gasteiger charge is -2.36. The Hall–Kier alpha value is -0.0400. The first-order valence-electron chi connectivity index (χ1n) is 6.35. The maximum Gasteiger partial charge on any atom is 0.00748 e. The standard InChI is InChI=1S/C13H25N/c1-13(2)8-4-7-11(13)12(14)9-10-5-3-6-10/h10-12H,3-9,14H2,1-2H3. The minimum absolute atomic E-state index is 0.484. The van der Waals surface area contributed by atoms with Crippen molar-refractivity contribution in [1.82, 2.24) is 0 Å². The van der Waals surface area contributed by atoms with Crippen LogP contribution in [0, 0.1) is 17.3 Å². The maximum atomic E-state index is 6.36. The monoisotopic (exact) mass is 195 g/mol. The molecule has 2 rings (SSSR count). The first kappa shape index (κ1) is 10.5. The SMILES string of the molecule is CC1(C)CCCC1C(N)CC1CCC1. The summed E-state index contributed by atoms with van der Waals surface area (Å²) in [6, 6.07) is 0.484. The summed E-state index contributed by atoms with van der Waals surface area (Å²) in [4.78, 5) is 0. The molecule has 0 radical (unpaired) electrons. The Morgan fingerprint density at radius 3 is 2.36 bits per heavy atom. The molecule has 1 heteroatoms. The second-order valence-electron chi connectivity index (χ2n) is 6.18. The summed E-state index contributed by atoms with van der Waals surface area (Å²) in [5.41, 5.74) is 6.88. The number of nitrogens with two attached hydrogens (primary N) is 1. The average molecular weight is 195 g/mol. The summed E-state index contributed by atoms with van der Waals surface area (Å²) in [5, 5.41) is 0. The van der Waals surface area contributed by atoms with Gasteiger partial charge in [0.2, 0.25) is 0 Å². The molecule has 2 aliphatic carbocycles. The van der Waals surface area contributed by atoms with Crippen molar-refractivity contribution in [2.45, 2.75) is 64.8 Å². The predicted molar refractivity (Wildman–Crippen MR) is 61.1 cm³/mol. The molecule has 2 fully saturated rings. The first-order valence-corrected chi connectivity index (χ1v) is 6.35. The molecule has 0 aromatic rings. The third kappa shape index (κ3) is 1.98. The summed E-state index contributed by atoms with van der Waals surface area (Å²) < 4.78 is 0. The predicted octanol–water partition coefficient (Wildman–Crippen LogP) is 3.33. The molecule has 2 unspecified atom stereocenters. The topological polar surface area (TPSA) is 26.0 Å². The molecule has 1 nitrogen and oxygen atoms in total. The molecule has 2 N–H and O–H groups in total. The number of hydrogen-bond acceptors (Lipinski definition) is 1. The Bertz CT molecular complexity index is 193. The van der Waals surface area contributed by atoms with Crippen molar-refractivity contribution in [2.24, 2.45) is 23.0 Å². The van der Waals surface area contributed by atoms with Gasteiger partial charge in [-0.05, 0) is 36.5 Å². The van der Waals surface area contributed by atoms with Crippen molar-refractivity contribution < 1.29 is 0 Å². The van der Waals surface area contributed by atoms with Crippen molar-refractivity contribution >= 4 is 0 Å². The van der Waals surface area contributed by atoms with Crippen molar-refractivity contribution in [1.29, 1.82) is 0 Å². The van der Waals surface area contributed by atoms with Crippen LogP contribution >= 0.6 is 0 Å². The van der Waals surface area contributed by atoms with E-state index in [-0.39, 0.29) is 0 Å². The van der Waals surface area contributed by atoms with Gasteiger partial charge in [0.05, 0.1) is 0 Å². The Morgan fingerprint density at radius 1 is 1.21 bits per heavy atom. The summed E-state index contributed by atoms with van der Waals surface area (Å²) in [6.07, 6.45) is 9.80. The van der Waals surface area contributed by atoms with Gasteiger partial charge in [0.15, 0.2) is 0 Å². The lowest BCUT2D eigenvalue weighted by molar-refractivity contribution is 0.176. The molecule has 2 aliphatic rings. The molecule has 2 atom stereocenters. The highest BCUT2D eigenvalue weighted by molar-refractivity contribution is 4.92. The second kappa shape index (κ2) is 3.84. The third-order valence-corrected chi connectivity index (χ3v) is 4.69. The second-order valence-corrected chi connectivity index (χ2v) is 6.18. The van der Waals surface area contributed by atoms with Crippen molar-refractivity contribution in [2.75, 3.05) is 0 Å². The summed E-state index contributed by atoms with van der Waals surface area (Å²) in [5.74, 6) is 1.77. The van der Waals surface area contributed by atoms with Gasteiger partial charge in [-0.25, -0.2) is 0 Å². The highest BCUT2D eigenvalue weighted by Crippen LogP contribution is 2.45. The molecule has 2 saturated carbocycles. The van der Waals surface area contributed by atoms with Crippen LogP contribution in [-0.2, 0) is 0 Å². The van der Waals surface area contributed by atoms with E-state index >= 15 is 0 Å². The van der Waals surface area contributed by atoms with E-state index in [1.165, 1.54) is 44.9 Å². The largest absolute Gasteiger partial charge is 0.327 e. The Labute approximate surface area is 88.4 Å². The summed E-state index contributed by atoms with van der Waals surface area (Å²) in [7, 11) is 0. The van der Waals surface area contributed by atoms with E-state index < -0.39 is 0 Å². The summed E-state index contributed by atoms with van der Waals surface area (Å²) in [6.45, 7) is 4.82. The zero-order chi connectivity index (χ0) is 10.2. The molecular formula is C13H25N. The number of rotatable bonds is 3. The van der Waals surface area contributed by atoms with E-state index in [1.807, 2.05) is 0 Å². The Balaban J connectivity index is 1.86. The van der Waals surface area contributed by atoms with Gasteiger partial charge in [0.25, 0.3) is 0 Å². The van der Waals surface area contributed by atoms with Crippen LogP contribution in [0.1, 0.15) is 58.8 Å². The minimum Gasteiger partial charge on any atom is -0.327 e. The highest BCUT2D eigenvalue weighted by atomic mass is 14.7. The molecule has 0 saturated heterocycles. The molecule has 0 aromatic heterocycles. The van der Waals surface area contributed by atoms with Crippen molar-refractivity contribution in [3.63, 3.8) is 0 Å². The van der Waals surface area contributed by atoms with Gasteiger partial charge in [0.1, 0.15) is 0 Å². The number of hydrogen-bond donors (Lipinski definition) is 1. The quantitative estimate of drug-likeness (QED) is 0.734. The molecule has 0 bridgehead atoms. The Morgan fingerprint density at radius 2 is 1.93 bits per heavy atom. The van der Waals surface area contributed by atoms with Crippen LogP contribution in [0.2, 0.25) is 0 Å². The van der Waals surface area contributed by atoms with Gasteiger partial charge in [-0.3, -0.25) is 0 Å². The fraction of sp³-hybridized carbons (Fsp3) is 1.00. The van der Waals surface area contributed by atoms with Crippen LogP contribution in [0.15, 0.2) is 0 Å². The minimum atomic E-state index is 0.484. The van der Waals surface area contributed by atoms with E-state index in [0.29, 0.717) is 11.5 Å². The smallest absolute Gasteiger partial charge is 0.00748 e. The molecule has 14 heavy (non-hydrogen) atoms. The van der Waals surface area contributed by atoms with Crippen LogP contribution in [0.3, 0.4) is 0 Å². The zero-order valence-corrected chi connectivity index (χ0v) is 9.76. The lowest BCUT2D eigenvalue weighted by atomic mass is 9.72. The summed E-state index contributed by atoms with van der Waals surface area (Å²) >= 11 is 0. The molecule has 0 spiro atoms. The van der Waals surface area contributed by atoms with Gasteiger partial charge >= 0.3 is 0 Å². The molecule has 0 amide bonds. The Kier molecular flexibility index (Phi) is 2.88. The van der Waals surface area contributed by atoms with E-state index in [4.69, 9.17) is 5.73 Å². The molecular weight excluding hydrogens is 170 g/mol. The average Bonchev–Trinajstić information content (AvgIpc) is 2.37. The van der Waals surface area contributed by atoms with Gasteiger partial charge in [-0.1, -0.05) is 39.5 Å². The van der Waals surface area contributed by atoms with Crippen LogP contribution in [-0.4, -0.2) is 6.04 Å². The van der Waals surface area contributed by atoms with E-state index in [9.17, 15) is 0 Å². The molecule has 0 aliphatic heterocycles. The van der Waals surface area contributed by atoms with Crippen molar-refractivity contribution in [3.05, 3.63) is 0 Å². The highest BCUT2D eigenvalue weighted by Gasteiger charge is 2.39. The van der Waals surface area contributed by atoms with Crippen LogP contribution < -0.4 is 5.73 Å². The van der Waals surface area contributed by atoms with E-state index in [1.54, 1.807) is 0 Å². The van der Waals surface area contributed by atoms with Gasteiger partial charge in [0, 0.05) is 6.04 Å². The van der Waals surface area contributed by atoms with Crippen LogP contribution in [0.5, 0.6) is 0 Å².